The number of fused-ring (bicyclic) bond motifs is 2. The summed E-state index contributed by atoms with van der Waals surface area (Å²) in [6, 6.07) is 8.99. The van der Waals surface area contributed by atoms with Crippen molar-refractivity contribution >= 4 is 39.4 Å². The van der Waals surface area contributed by atoms with Gasteiger partial charge in [0.05, 0.1) is 40.2 Å². The number of benzene rings is 2. The number of imidazole rings is 1. The summed E-state index contributed by atoms with van der Waals surface area (Å²) in [6.07, 6.45) is 0.288. The van der Waals surface area contributed by atoms with Crippen LogP contribution < -0.4 is 10.3 Å². The third-order valence-corrected chi connectivity index (χ3v) is 5.07. The van der Waals surface area contributed by atoms with Crippen molar-refractivity contribution in [1.82, 2.24) is 19.7 Å². The zero-order chi connectivity index (χ0) is 21.4. The predicted octanol–water partition coefficient (Wildman–Crippen LogP) is 3.31. The first-order valence-corrected chi connectivity index (χ1v) is 9.77. The molecule has 0 radical (unpaired) electrons. The van der Waals surface area contributed by atoms with E-state index in [4.69, 9.17) is 21.4 Å². The van der Waals surface area contributed by atoms with Crippen molar-refractivity contribution in [2.75, 3.05) is 6.61 Å². The first-order chi connectivity index (χ1) is 14.4. The third-order valence-electron chi connectivity index (χ3n) is 4.78. The van der Waals surface area contributed by atoms with E-state index in [1.54, 1.807) is 12.1 Å². The molecule has 0 amide bonds. The highest BCUT2D eigenvalue weighted by Crippen LogP contribution is 2.29. The highest BCUT2D eigenvalue weighted by atomic mass is 35.5. The average molecular weight is 427 g/mol. The zero-order valence-electron chi connectivity index (χ0n) is 16.4. The minimum Gasteiger partial charge on any atom is -0.492 e. The molecule has 0 aliphatic heterocycles. The summed E-state index contributed by atoms with van der Waals surface area (Å²) in [5.74, 6) is 0.0368. The van der Waals surface area contributed by atoms with Gasteiger partial charge in [-0.15, -0.1) is 0 Å². The lowest BCUT2D eigenvalue weighted by Crippen LogP contribution is -2.28. The van der Waals surface area contributed by atoms with Crippen molar-refractivity contribution in [2.24, 2.45) is 0 Å². The summed E-state index contributed by atoms with van der Waals surface area (Å²) < 4.78 is 6.50. The Labute approximate surface area is 176 Å². The molecular formula is C21H19ClN4O4. The normalized spacial score (nSPS) is 11.3. The lowest BCUT2D eigenvalue weighted by Gasteiger charge is -2.10. The highest BCUT2D eigenvalue weighted by molar-refractivity contribution is 6.32. The van der Waals surface area contributed by atoms with Gasteiger partial charge in [-0.25, -0.2) is 9.67 Å². The summed E-state index contributed by atoms with van der Waals surface area (Å²) in [5.41, 5.74) is 2.34. The number of rotatable bonds is 6. The molecule has 0 bridgehead atoms. The molecule has 154 valence electrons. The van der Waals surface area contributed by atoms with E-state index in [9.17, 15) is 9.59 Å². The topological polar surface area (TPSA) is 110 Å². The molecule has 0 saturated carbocycles. The van der Waals surface area contributed by atoms with Crippen LogP contribution in [0.25, 0.3) is 21.8 Å². The van der Waals surface area contributed by atoms with E-state index in [-0.39, 0.29) is 6.42 Å². The van der Waals surface area contributed by atoms with Gasteiger partial charge in [0, 0.05) is 11.5 Å². The van der Waals surface area contributed by atoms with Crippen molar-refractivity contribution in [1.29, 1.82) is 0 Å². The lowest BCUT2D eigenvalue weighted by molar-refractivity contribution is -0.138. The van der Waals surface area contributed by atoms with Gasteiger partial charge in [-0.3, -0.25) is 9.59 Å². The van der Waals surface area contributed by atoms with Crippen LogP contribution in [-0.2, 0) is 17.8 Å². The zero-order valence-corrected chi connectivity index (χ0v) is 17.2. The van der Waals surface area contributed by atoms with Crippen LogP contribution in [0.1, 0.15) is 24.0 Å². The van der Waals surface area contributed by atoms with E-state index in [0.717, 1.165) is 15.8 Å². The van der Waals surface area contributed by atoms with Gasteiger partial charge in [-0.1, -0.05) is 29.8 Å². The number of aromatic amines is 1. The fourth-order valence-electron chi connectivity index (χ4n) is 3.50. The molecule has 4 rings (SSSR count). The molecule has 9 heteroatoms. The summed E-state index contributed by atoms with van der Waals surface area (Å²) >= 11 is 6.25. The number of nitrogens with zero attached hydrogens (tertiary/aromatic N) is 3. The molecule has 2 heterocycles. The number of halogens is 1. The molecule has 0 aliphatic carbocycles. The molecule has 0 fully saturated rings. The number of aliphatic carboxylic acids is 1. The van der Waals surface area contributed by atoms with E-state index >= 15 is 0 Å². The predicted molar refractivity (Wildman–Crippen MR) is 113 cm³/mol. The third kappa shape index (κ3) is 3.61. The van der Waals surface area contributed by atoms with Crippen LogP contribution in [0.4, 0.5) is 0 Å². The molecule has 0 spiro atoms. The number of carboxylic acid groups (broad SMARTS) is 1. The molecule has 4 aromatic rings. The van der Waals surface area contributed by atoms with Gasteiger partial charge < -0.3 is 14.8 Å². The molecular weight excluding hydrogens is 408 g/mol. The van der Waals surface area contributed by atoms with Crippen LogP contribution in [-0.4, -0.2) is 37.4 Å². The Morgan fingerprint density at radius 1 is 1.33 bits per heavy atom. The highest BCUT2D eigenvalue weighted by Gasteiger charge is 2.16. The van der Waals surface area contributed by atoms with Gasteiger partial charge in [-0.2, -0.15) is 5.10 Å². The van der Waals surface area contributed by atoms with E-state index in [1.807, 2.05) is 32.0 Å². The second-order valence-electron chi connectivity index (χ2n) is 6.89. The molecule has 30 heavy (non-hydrogen) atoms. The number of hydrogen-bond acceptors (Lipinski definition) is 5. The van der Waals surface area contributed by atoms with Crippen LogP contribution in [0.3, 0.4) is 0 Å². The molecule has 2 aromatic carbocycles. The smallest absolute Gasteiger partial charge is 0.325 e. The number of carbonyl (C=O) groups is 1. The average Bonchev–Trinajstić information content (AvgIpc) is 3.06. The summed E-state index contributed by atoms with van der Waals surface area (Å²) in [6.45, 7) is 3.67. The minimum absolute atomic E-state index is 0.288. The van der Waals surface area contributed by atoms with E-state index < -0.39 is 18.1 Å². The molecule has 0 saturated heterocycles. The monoisotopic (exact) mass is 426 g/mol. The fourth-order valence-corrected chi connectivity index (χ4v) is 3.72. The maximum Gasteiger partial charge on any atom is 0.325 e. The van der Waals surface area contributed by atoms with Gasteiger partial charge in [-0.05, 0) is 25.5 Å². The lowest BCUT2D eigenvalue weighted by atomic mass is 10.0. The Morgan fingerprint density at radius 2 is 2.13 bits per heavy atom. The molecule has 8 nitrogen and oxygen atoms in total. The van der Waals surface area contributed by atoms with Crippen molar-refractivity contribution in [2.45, 2.75) is 26.8 Å². The number of H-pyrrole nitrogens is 1. The molecule has 0 atom stereocenters. The van der Waals surface area contributed by atoms with Crippen LogP contribution in [0.15, 0.2) is 35.1 Å². The van der Waals surface area contributed by atoms with E-state index in [0.29, 0.717) is 45.2 Å². The number of aromatic nitrogens is 4. The van der Waals surface area contributed by atoms with E-state index in [1.165, 1.54) is 0 Å². The number of aryl methyl sites for hydroxylation is 1. The van der Waals surface area contributed by atoms with Gasteiger partial charge >= 0.3 is 5.97 Å². The SMILES string of the molecule is CCOc1cc2nc(Cc3nn(CC(=O)O)c(=O)c4c(C)cccc34)[nH]c2cc1Cl. The van der Waals surface area contributed by atoms with Crippen molar-refractivity contribution in [3.8, 4) is 5.75 Å². The Morgan fingerprint density at radius 3 is 2.87 bits per heavy atom. The van der Waals surface area contributed by atoms with Crippen LogP contribution >= 0.6 is 11.6 Å². The van der Waals surface area contributed by atoms with Crippen LogP contribution in [0, 0.1) is 6.92 Å². The Balaban J connectivity index is 1.83. The Bertz CT molecular complexity index is 1340. The van der Waals surface area contributed by atoms with Crippen molar-refractivity contribution in [3.63, 3.8) is 0 Å². The molecule has 2 aromatic heterocycles. The van der Waals surface area contributed by atoms with Crippen molar-refractivity contribution < 1.29 is 14.6 Å². The maximum absolute atomic E-state index is 12.8. The maximum atomic E-state index is 12.8. The molecule has 0 aliphatic rings. The quantitative estimate of drug-likeness (QED) is 0.489. The largest absolute Gasteiger partial charge is 0.492 e. The van der Waals surface area contributed by atoms with Gasteiger partial charge in [0.15, 0.2) is 0 Å². The fraction of sp³-hybridized carbons (Fsp3) is 0.238. The molecule has 2 N–H and O–H groups in total. The number of nitrogens with one attached hydrogen (secondary N) is 1. The second-order valence-corrected chi connectivity index (χ2v) is 7.30. The molecule has 0 unspecified atom stereocenters. The summed E-state index contributed by atoms with van der Waals surface area (Å²) in [4.78, 5) is 31.8. The minimum atomic E-state index is -1.13. The van der Waals surface area contributed by atoms with Crippen LogP contribution in [0.5, 0.6) is 5.75 Å². The Hall–Kier alpha value is -3.39. The first kappa shape index (κ1) is 19.9. The van der Waals surface area contributed by atoms with Gasteiger partial charge in [0.25, 0.3) is 5.56 Å². The Kier molecular flexibility index (Phi) is 5.17. The summed E-state index contributed by atoms with van der Waals surface area (Å²) in [5, 5.41) is 15.1. The van der Waals surface area contributed by atoms with Gasteiger partial charge in [0.2, 0.25) is 0 Å². The first-order valence-electron chi connectivity index (χ1n) is 9.39. The standard InChI is InChI=1S/C21H19ClN4O4/c1-3-30-17-8-16-15(7-13(17)22)23-18(24-16)9-14-12-6-4-5-11(2)20(12)21(29)26(25-14)10-19(27)28/h4-8H,3,9-10H2,1-2H3,(H,23,24)(H,27,28). The van der Waals surface area contributed by atoms with Gasteiger partial charge in [0.1, 0.15) is 18.1 Å². The van der Waals surface area contributed by atoms with E-state index in [2.05, 4.69) is 15.1 Å². The van der Waals surface area contributed by atoms with Crippen LogP contribution in [0.2, 0.25) is 5.02 Å². The van der Waals surface area contributed by atoms with Crippen molar-refractivity contribution in [3.05, 3.63) is 62.8 Å². The number of ether oxygens (including phenoxy) is 1. The number of hydrogen-bond donors (Lipinski definition) is 2. The number of carboxylic acids is 1. The summed E-state index contributed by atoms with van der Waals surface area (Å²) in [7, 11) is 0. The second kappa shape index (κ2) is 7.79.